The number of oxime groups is 2. The SMILES string of the molecule is C/C(=N/O)C(C)(C)NCCC(CCNC(=O)CCCC(=O)NCCCC[C@]1(C=O)CNC(CS)C(=O)N[C@@H](CCCNC(=N)N)C(=O)NCC(=O)N[C@@H](CC(=O)O)C(=O)N[C@@H](S)C(=O)N[C@@H](Cc2ccccc2)C(=O)N[C@H](C(N)=O)CSCC(=O)N1)CCNC(C)(C)/C(C)=N\O. The Morgan fingerprint density at radius 3 is 1.84 bits per heavy atom. The topological polar surface area (TPSA) is 523 Å². The minimum atomic E-state index is -1.84. The normalized spacial score (nSPS) is 21.8. The van der Waals surface area contributed by atoms with E-state index >= 15 is 0 Å². The summed E-state index contributed by atoms with van der Waals surface area (Å²) < 4.78 is 0. The van der Waals surface area contributed by atoms with Crippen LogP contribution in [0.2, 0.25) is 0 Å². The van der Waals surface area contributed by atoms with Gasteiger partial charge in [0.1, 0.15) is 36.0 Å². The predicted octanol–water partition coefficient (Wildman–Crippen LogP) is -2.64. The molecule has 538 valence electrons. The van der Waals surface area contributed by atoms with Crippen LogP contribution in [0.3, 0.4) is 0 Å². The molecular weight excluding hydrogens is 1310 g/mol. The number of carboxylic acid groups (broad SMARTS) is 1. The van der Waals surface area contributed by atoms with Gasteiger partial charge in [0.25, 0.3) is 5.91 Å². The molecule has 0 radical (unpaired) electrons. The summed E-state index contributed by atoms with van der Waals surface area (Å²) in [6, 6.07) is 0.901. The molecule has 10 amide bonds. The lowest BCUT2D eigenvalue weighted by molar-refractivity contribution is -0.141. The van der Waals surface area contributed by atoms with Crippen molar-refractivity contribution in [1.82, 2.24) is 69.1 Å². The van der Waals surface area contributed by atoms with Crippen molar-refractivity contribution in [2.45, 2.75) is 177 Å². The lowest BCUT2D eigenvalue weighted by Crippen LogP contribution is -2.61. The fraction of sp³-hybridized carbons (Fsp3) is 0.650. The zero-order valence-corrected chi connectivity index (χ0v) is 58.0. The van der Waals surface area contributed by atoms with E-state index in [1.54, 1.807) is 44.2 Å². The molecule has 1 unspecified atom stereocenters. The van der Waals surface area contributed by atoms with Gasteiger partial charge < -0.3 is 101 Å². The van der Waals surface area contributed by atoms with Gasteiger partial charge in [-0.1, -0.05) is 40.6 Å². The first-order valence-electron chi connectivity index (χ1n) is 31.5. The van der Waals surface area contributed by atoms with Crippen LogP contribution in [0, 0.1) is 11.3 Å². The van der Waals surface area contributed by atoms with E-state index in [4.69, 9.17) is 16.9 Å². The van der Waals surface area contributed by atoms with Crippen LogP contribution in [0.15, 0.2) is 40.6 Å². The van der Waals surface area contributed by atoms with Crippen LogP contribution in [0.25, 0.3) is 0 Å². The van der Waals surface area contributed by atoms with Gasteiger partial charge in [-0.3, -0.25) is 58.1 Å². The smallest absolute Gasteiger partial charge is 0.305 e. The van der Waals surface area contributed by atoms with Gasteiger partial charge in [-0.25, -0.2) is 0 Å². The molecule has 0 aliphatic carbocycles. The average Bonchev–Trinajstić information content (AvgIpc) is 0.910. The van der Waals surface area contributed by atoms with E-state index in [0.29, 0.717) is 49.3 Å². The fourth-order valence-corrected chi connectivity index (χ4v) is 10.8. The van der Waals surface area contributed by atoms with Crippen LogP contribution in [0.1, 0.15) is 124 Å². The minimum absolute atomic E-state index is 0.0266. The van der Waals surface area contributed by atoms with Crippen LogP contribution in [-0.4, -0.2) is 220 Å². The maximum absolute atomic E-state index is 14.0. The molecule has 7 atom stereocenters. The van der Waals surface area contributed by atoms with E-state index in [-0.39, 0.29) is 106 Å². The number of nitrogens with zero attached hydrogens (tertiary/aromatic N) is 2. The number of benzene rings is 1. The molecule has 36 heteroatoms. The van der Waals surface area contributed by atoms with E-state index < -0.39 is 131 Å². The van der Waals surface area contributed by atoms with Crippen molar-refractivity contribution in [3.63, 3.8) is 0 Å². The highest BCUT2D eigenvalue weighted by atomic mass is 32.2. The molecule has 96 heavy (non-hydrogen) atoms. The minimum Gasteiger partial charge on any atom is -0.481 e. The second-order valence-electron chi connectivity index (χ2n) is 24.3. The molecule has 0 spiro atoms. The number of aliphatic carboxylic acids is 1. The number of carbonyl (C=O) groups excluding carboxylic acids is 11. The Labute approximate surface area is 574 Å². The molecule has 0 aromatic heterocycles. The fourth-order valence-electron chi connectivity index (χ4n) is 9.43. The third-order valence-electron chi connectivity index (χ3n) is 15.9. The number of primary amides is 1. The van der Waals surface area contributed by atoms with Gasteiger partial charge in [0.15, 0.2) is 11.3 Å². The van der Waals surface area contributed by atoms with Gasteiger partial charge in [-0.2, -0.15) is 12.6 Å². The van der Waals surface area contributed by atoms with E-state index in [9.17, 15) is 73.1 Å². The Morgan fingerprint density at radius 1 is 0.719 bits per heavy atom. The summed E-state index contributed by atoms with van der Waals surface area (Å²) in [6.45, 7) is 11.6. The highest BCUT2D eigenvalue weighted by Crippen LogP contribution is 2.18. The van der Waals surface area contributed by atoms with Gasteiger partial charge in [-0.15, -0.1) is 24.4 Å². The number of rotatable bonds is 33. The quantitative estimate of drug-likeness (QED) is 0.00651. The molecule has 1 aromatic carbocycles. The molecule has 33 nitrogen and oxygen atoms in total. The maximum Gasteiger partial charge on any atom is 0.305 e. The number of amides is 10. The van der Waals surface area contributed by atoms with Crippen molar-refractivity contribution in [3.8, 4) is 0 Å². The van der Waals surface area contributed by atoms with Crippen molar-refractivity contribution in [3.05, 3.63) is 35.9 Å². The highest BCUT2D eigenvalue weighted by molar-refractivity contribution is 8.00. The summed E-state index contributed by atoms with van der Waals surface area (Å²) in [7, 11) is 0. The zero-order valence-electron chi connectivity index (χ0n) is 55.4. The van der Waals surface area contributed by atoms with E-state index in [2.05, 4.69) is 105 Å². The molecule has 1 aliphatic heterocycles. The predicted molar refractivity (Wildman–Crippen MR) is 367 cm³/mol. The molecule has 1 heterocycles. The van der Waals surface area contributed by atoms with E-state index in [1.165, 1.54) is 0 Å². The molecule has 1 aliphatic rings. The van der Waals surface area contributed by atoms with Crippen LogP contribution in [0.5, 0.6) is 0 Å². The number of unbranched alkanes of at least 4 members (excludes halogenated alkanes) is 1. The first-order chi connectivity index (χ1) is 45.3. The van der Waals surface area contributed by atoms with Gasteiger partial charge in [-0.05, 0) is 124 Å². The molecule has 21 N–H and O–H groups in total. The van der Waals surface area contributed by atoms with Crippen LogP contribution in [-0.2, 0) is 64.0 Å². The van der Waals surface area contributed by atoms with Crippen molar-refractivity contribution in [2.24, 2.45) is 27.7 Å². The number of hydrogen-bond donors (Lipinski definition) is 21. The first kappa shape index (κ1) is 84.3. The first-order valence-corrected chi connectivity index (χ1v) is 33.8. The summed E-state index contributed by atoms with van der Waals surface area (Å²) in [6.07, 6.45) is 2.25. The number of nitrogens with two attached hydrogens (primary N) is 2. The summed E-state index contributed by atoms with van der Waals surface area (Å²) >= 11 is 9.35. The third kappa shape index (κ3) is 33.2. The standard InChI is InChI=1S/C60H100N18O15S3/c1-36(77-92)58(3,4)69-26-20-38(21-27-70-59(5,6)37(2)78-93)19-25-65-46(81)18-12-17-45(80)64-23-11-10-22-60(35-79)34-68-43(31-94)54(90)72-40(16-13-24-66-57(62)63)51(87)67-30-47(82)71-42(29-49(84)85)53(89)75-56(95)55(91)73-41(28-39-14-8-7-9-15-39)52(88)74-44(50(61)86)32-96-33-48(83)76-60/h7-9,14-15,35,38,40-44,56,68-70,92-95H,10-13,16-34H2,1-6H3,(H2,61,86)(H,64,80)(H,65,81)(H,67,87)(H,71,82)(H,72,90)(H,73,91)(H,74,88)(H,75,89)(H,76,83)(H,84,85)(H4,62,63,66)/b77-36-,78-37-/t40-,41-,42-,43?,44-,56-,60+/m0/s1. The van der Waals surface area contributed by atoms with Crippen LogP contribution < -0.4 is 80.6 Å². The molecule has 1 aromatic rings. The number of carbonyl (C=O) groups is 12. The molecular formula is C60H100N18O15S3. The monoisotopic (exact) mass is 1410 g/mol. The van der Waals surface area contributed by atoms with Crippen LogP contribution >= 0.6 is 37.0 Å². The molecule has 1 saturated heterocycles. The average molecular weight is 1410 g/mol. The summed E-state index contributed by atoms with van der Waals surface area (Å²) in [4.78, 5) is 160. The summed E-state index contributed by atoms with van der Waals surface area (Å²) in [5.41, 5.74) is 9.88. The number of thioether (sulfide) groups is 1. The maximum atomic E-state index is 14.0. The Kier molecular flexibility index (Phi) is 38.7. The third-order valence-corrected chi connectivity index (χ3v) is 17.6. The number of guanidine groups is 1. The summed E-state index contributed by atoms with van der Waals surface area (Å²) in [5, 5.41) is 75.7. The molecule has 1 fully saturated rings. The summed E-state index contributed by atoms with van der Waals surface area (Å²) in [5.74, 6) is -11.1. The highest BCUT2D eigenvalue weighted by Gasteiger charge is 2.36. The number of nitrogens with one attached hydrogen (secondary N) is 14. The van der Waals surface area contributed by atoms with Gasteiger partial charge in [0.2, 0.25) is 53.2 Å². The van der Waals surface area contributed by atoms with Crippen molar-refractivity contribution in [2.75, 3.05) is 63.1 Å². The van der Waals surface area contributed by atoms with Crippen LogP contribution in [0.4, 0.5) is 0 Å². The van der Waals surface area contributed by atoms with E-state index in [0.717, 1.165) is 24.6 Å². The number of aldehydes is 1. The van der Waals surface area contributed by atoms with E-state index in [1.807, 2.05) is 27.7 Å². The Bertz CT molecular complexity index is 2800. The van der Waals surface area contributed by atoms with Gasteiger partial charge >= 0.3 is 5.97 Å². The number of hydrogen-bond acceptors (Lipinski definition) is 23. The number of carboxylic acids is 1. The van der Waals surface area contributed by atoms with Crippen molar-refractivity contribution < 1.29 is 73.1 Å². The largest absolute Gasteiger partial charge is 0.481 e. The molecule has 0 saturated carbocycles. The Morgan fingerprint density at radius 2 is 1.28 bits per heavy atom. The van der Waals surface area contributed by atoms with Gasteiger partial charge in [0, 0.05) is 56.9 Å². The second-order valence-corrected chi connectivity index (χ2v) is 26.2. The van der Waals surface area contributed by atoms with Crippen molar-refractivity contribution in [1.29, 1.82) is 5.41 Å². The number of thiol groups is 2. The van der Waals surface area contributed by atoms with Crippen molar-refractivity contribution >= 4 is 126 Å². The lowest BCUT2D eigenvalue weighted by Gasteiger charge is -2.32. The molecule has 0 bridgehead atoms. The zero-order chi connectivity index (χ0) is 72.0. The van der Waals surface area contributed by atoms with Gasteiger partial charge in [0.05, 0.1) is 47.3 Å². The Balaban J connectivity index is 2.33. The molecule has 2 rings (SSSR count). The second kappa shape index (κ2) is 44.1. The Hall–Kier alpha value is -7.80. The lowest BCUT2D eigenvalue weighted by atomic mass is 9.93.